The van der Waals surface area contributed by atoms with Gasteiger partial charge in [-0.25, -0.2) is 0 Å². The van der Waals surface area contributed by atoms with Crippen molar-refractivity contribution in [3.63, 3.8) is 0 Å². The van der Waals surface area contributed by atoms with Crippen LogP contribution in [0.2, 0.25) is 0 Å². The van der Waals surface area contributed by atoms with Crippen LogP contribution < -0.4 is 4.74 Å². The summed E-state index contributed by atoms with van der Waals surface area (Å²) in [5.41, 5.74) is 1.69. The van der Waals surface area contributed by atoms with Gasteiger partial charge in [0.25, 0.3) is 0 Å². The normalized spacial score (nSPS) is 16.0. The lowest BCUT2D eigenvalue weighted by Crippen LogP contribution is -2.32. The molecule has 2 saturated heterocycles. The molecule has 0 saturated carbocycles. The molecule has 3 rings (SSSR count). The lowest BCUT2D eigenvalue weighted by atomic mass is 10.00. The maximum Gasteiger partial charge on any atom is 0.137 e. The smallest absolute Gasteiger partial charge is 0.137 e. The van der Waals surface area contributed by atoms with Crippen LogP contribution in [0.4, 0.5) is 0 Å². The van der Waals surface area contributed by atoms with Crippen molar-refractivity contribution in [1.82, 2.24) is 9.80 Å². The molecule has 0 aliphatic carbocycles. The first-order valence-corrected chi connectivity index (χ1v) is 9.17. The first-order chi connectivity index (χ1) is 12.8. The third kappa shape index (κ3) is 3.83. The van der Waals surface area contributed by atoms with Crippen LogP contribution >= 0.6 is 0 Å². The second-order valence-electron chi connectivity index (χ2n) is 6.63. The van der Waals surface area contributed by atoms with E-state index in [-0.39, 0.29) is 5.57 Å². The number of hydrogen-bond donors (Lipinski definition) is 0. The van der Waals surface area contributed by atoms with E-state index in [1.165, 1.54) is 25.7 Å². The Kier molecular flexibility index (Phi) is 5.81. The summed E-state index contributed by atoms with van der Waals surface area (Å²) in [6.07, 6.45) is 6.80. The number of nitrogens with zero attached hydrogens (tertiary/aromatic N) is 4. The van der Waals surface area contributed by atoms with E-state index in [0.29, 0.717) is 5.57 Å². The Morgan fingerprint density at radius 2 is 1.42 bits per heavy atom. The Bertz CT molecular complexity index is 734. The van der Waals surface area contributed by atoms with E-state index < -0.39 is 0 Å². The number of nitriles is 2. The molecular formula is C21H24N4O. The van der Waals surface area contributed by atoms with Crippen molar-refractivity contribution in [1.29, 1.82) is 10.5 Å². The molecule has 0 aromatic heterocycles. The number of hydrogen-bond acceptors (Lipinski definition) is 5. The summed E-state index contributed by atoms with van der Waals surface area (Å²) in [6, 6.07) is 11.7. The Morgan fingerprint density at radius 3 is 1.85 bits per heavy atom. The lowest BCUT2D eigenvalue weighted by molar-refractivity contribution is 0.270. The standard InChI is InChI=1S/C21H24N4O/c1-26-19-8-6-17(7-9-19)20(18(15-22)16-23)14-21(24-10-2-3-11-24)25-12-4-5-13-25/h6-9,14H,2-5,10-13H2,1H3. The van der Waals surface area contributed by atoms with Gasteiger partial charge in [0.05, 0.1) is 7.11 Å². The van der Waals surface area contributed by atoms with Crippen molar-refractivity contribution in [2.24, 2.45) is 0 Å². The molecule has 0 amide bonds. The fraction of sp³-hybridized carbons (Fsp3) is 0.429. The van der Waals surface area contributed by atoms with Crippen molar-refractivity contribution >= 4 is 5.57 Å². The molecule has 1 aromatic carbocycles. The predicted molar refractivity (Wildman–Crippen MR) is 101 cm³/mol. The van der Waals surface area contributed by atoms with Crippen LogP contribution in [0.5, 0.6) is 5.75 Å². The number of likely N-dealkylation sites (tertiary alicyclic amines) is 2. The molecule has 134 valence electrons. The molecule has 2 aliphatic heterocycles. The third-order valence-corrected chi connectivity index (χ3v) is 5.03. The summed E-state index contributed by atoms with van der Waals surface area (Å²) in [6.45, 7) is 4.14. The number of benzene rings is 1. The average molecular weight is 348 g/mol. The zero-order valence-electron chi connectivity index (χ0n) is 15.2. The Labute approximate surface area is 155 Å². The van der Waals surface area contributed by atoms with Crippen LogP contribution in [0.3, 0.4) is 0 Å². The van der Waals surface area contributed by atoms with Gasteiger partial charge in [0.1, 0.15) is 29.3 Å². The predicted octanol–water partition coefficient (Wildman–Crippen LogP) is 3.53. The summed E-state index contributed by atoms with van der Waals surface area (Å²) in [5.74, 6) is 1.90. The van der Waals surface area contributed by atoms with Crippen LogP contribution in [-0.2, 0) is 0 Å². The van der Waals surface area contributed by atoms with Gasteiger partial charge in [-0.3, -0.25) is 0 Å². The van der Waals surface area contributed by atoms with Crippen molar-refractivity contribution in [2.75, 3.05) is 33.3 Å². The Morgan fingerprint density at radius 1 is 0.923 bits per heavy atom. The monoisotopic (exact) mass is 348 g/mol. The molecule has 0 N–H and O–H groups in total. The van der Waals surface area contributed by atoms with Crippen molar-refractivity contribution in [2.45, 2.75) is 25.7 Å². The van der Waals surface area contributed by atoms with Gasteiger partial charge in [-0.1, -0.05) is 12.1 Å². The molecule has 0 unspecified atom stereocenters. The molecule has 0 radical (unpaired) electrons. The van der Waals surface area contributed by atoms with Crippen LogP contribution in [0.15, 0.2) is 41.7 Å². The fourth-order valence-electron chi connectivity index (χ4n) is 3.62. The van der Waals surface area contributed by atoms with Crippen molar-refractivity contribution in [3.05, 3.63) is 47.3 Å². The second-order valence-corrected chi connectivity index (χ2v) is 6.63. The van der Waals surface area contributed by atoms with Gasteiger partial charge < -0.3 is 14.5 Å². The van der Waals surface area contributed by atoms with Crippen LogP contribution in [0.1, 0.15) is 31.2 Å². The van der Waals surface area contributed by atoms with Gasteiger partial charge in [-0.2, -0.15) is 10.5 Å². The van der Waals surface area contributed by atoms with E-state index in [1.54, 1.807) is 7.11 Å². The molecule has 2 aliphatic rings. The van der Waals surface area contributed by atoms with E-state index in [1.807, 2.05) is 30.3 Å². The number of methoxy groups -OCH3 is 1. The van der Waals surface area contributed by atoms with Crippen LogP contribution in [0.25, 0.3) is 5.57 Å². The van der Waals surface area contributed by atoms with Crippen molar-refractivity contribution < 1.29 is 4.74 Å². The molecule has 26 heavy (non-hydrogen) atoms. The average Bonchev–Trinajstić information content (AvgIpc) is 3.39. The molecule has 0 bridgehead atoms. The highest BCUT2D eigenvalue weighted by atomic mass is 16.5. The molecule has 5 heteroatoms. The quantitative estimate of drug-likeness (QED) is 0.602. The van der Waals surface area contributed by atoms with E-state index in [9.17, 15) is 10.5 Å². The Balaban J connectivity index is 2.06. The highest BCUT2D eigenvalue weighted by molar-refractivity contribution is 5.82. The lowest BCUT2D eigenvalue weighted by Gasteiger charge is -2.30. The van der Waals surface area contributed by atoms with Gasteiger partial charge in [-0.05, 0) is 49.5 Å². The SMILES string of the molecule is COc1ccc(C(C=C(N2CCCC2)N2CCCC2)=C(C#N)C#N)cc1. The summed E-state index contributed by atoms with van der Waals surface area (Å²) in [4.78, 5) is 4.78. The second kappa shape index (κ2) is 8.45. The van der Waals surface area contributed by atoms with Gasteiger partial charge in [0, 0.05) is 31.8 Å². The van der Waals surface area contributed by atoms with Crippen LogP contribution in [-0.4, -0.2) is 43.1 Å². The highest BCUT2D eigenvalue weighted by Crippen LogP contribution is 2.29. The first-order valence-electron chi connectivity index (χ1n) is 9.17. The molecule has 2 heterocycles. The first kappa shape index (κ1) is 17.9. The molecular weight excluding hydrogens is 324 g/mol. The summed E-state index contributed by atoms with van der Waals surface area (Å²) in [7, 11) is 1.63. The van der Waals surface area contributed by atoms with Gasteiger partial charge >= 0.3 is 0 Å². The van der Waals surface area contributed by atoms with E-state index in [0.717, 1.165) is 43.3 Å². The fourth-order valence-corrected chi connectivity index (χ4v) is 3.62. The molecule has 5 nitrogen and oxygen atoms in total. The van der Waals surface area contributed by atoms with E-state index >= 15 is 0 Å². The molecule has 2 fully saturated rings. The maximum absolute atomic E-state index is 9.49. The largest absolute Gasteiger partial charge is 0.497 e. The topological polar surface area (TPSA) is 63.3 Å². The number of allylic oxidation sites excluding steroid dienone is 3. The number of ether oxygens (including phenoxy) is 1. The van der Waals surface area contributed by atoms with E-state index in [2.05, 4.69) is 21.9 Å². The highest BCUT2D eigenvalue weighted by Gasteiger charge is 2.23. The molecule has 0 atom stereocenters. The minimum Gasteiger partial charge on any atom is -0.497 e. The molecule has 0 spiro atoms. The summed E-state index contributed by atoms with van der Waals surface area (Å²) < 4.78 is 5.23. The Hall–Kier alpha value is -2.92. The van der Waals surface area contributed by atoms with Crippen molar-refractivity contribution in [3.8, 4) is 17.9 Å². The summed E-state index contributed by atoms with van der Waals surface area (Å²) in [5, 5.41) is 19.0. The minimum atomic E-state index is 0.145. The van der Waals surface area contributed by atoms with Gasteiger partial charge in [0.15, 0.2) is 0 Å². The molecule has 1 aromatic rings. The minimum absolute atomic E-state index is 0.145. The zero-order chi connectivity index (χ0) is 18.4. The summed E-state index contributed by atoms with van der Waals surface area (Å²) >= 11 is 0. The number of rotatable bonds is 5. The zero-order valence-corrected chi connectivity index (χ0v) is 15.2. The van der Waals surface area contributed by atoms with Gasteiger partial charge in [0.2, 0.25) is 0 Å². The van der Waals surface area contributed by atoms with Crippen LogP contribution in [0, 0.1) is 22.7 Å². The third-order valence-electron chi connectivity index (χ3n) is 5.03. The maximum atomic E-state index is 9.49. The van der Waals surface area contributed by atoms with E-state index in [4.69, 9.17) is 4.74 Å². The van der Waals surface area contributed by atoms with Gasteiger partial charge in [-0.15, -0.1) is 0 Å².